The number of rotatable bonds is 8. The molecule has 5 heteroatoms. The average Bonchev–Trinajstić information content (AvgIpc) is 2.45. The third-order valence-corrected chi connectivity index (χ3v) is 3.09. The summed E-state index contributed by atoms with van der Waals surface area (Å²) in [5, 5.41) is 15.1. The third-order valence-electron chi connectivity index (χ3n) is 3.09. The van der Waals surface area contributed by atoms with Gasteiger partial charge in [-0.25, -0.2) is 4.79 Å². The summed E-state index contributed by atoms with van der Waals surface area (Å²) in [7, 11) is 0. The highest BCUT2D eigenvalue weighted by atomic mass is 16.5. The predicted molar refractivity (Wildman–Crippen MR) is 89.2 cm³/mol. The van der Waals surface area contributed by atoms with Crippen molar-refractivity contribution in [3.8, 4) is 0 Å². The SMILES string of the molecule is CC(C)COCC(O)CNC(=O)Nc1ccc(C(C)C)cc1. The van der Waals surface area contributed by atoms with E-state index in [2.05, 4.69) is 24.5 Å². The number of nitrogens with one attached hydrogen (secondary N) is 2. The Morgan fingerprint density at radius 2 is 1.77 bits per heavy atom. The van der Waals surface area contributed by atoms with Crippen LogP contribution in [0.5, 0.6) is 0 Å². The second kappa shape index (κ2) is 9.43. The summed E-state index contributed by atoms with van der Waals surface area (Å²) in [4.78, 5) is 11.7. The zero-order chi connectivity index (χ0) is 16.5. The molecule has 1 unspecified atom stereocenters. The first kappa shape index (κ1) is 18.5. The van der Waals surface area contributed by atoms with Crippen LogP contribution in [-0.2, 0) is 4.74 Å². The molecule has 0 aliphatic carbocycles. The molecule has 124 valence electrons. The van der Waals surface area contributed by atoms with Crippen LogP contribution < -0.4 is 10.6 Å². The number of aliphatic hydroxyl groups excluding tert-OH is 1. The molecule has 0 bridgehead atoms. The highest BCUT2D eigenvalue weighted by Crippen LogP contribution is 2.16. The van der Waals surface area contributed by atoms with Gasteiger partial charge in [0.2, 0.25) is 0 Å². The van der Waals surface area contributed by atoms with Gasteiger partial charge in [-0.05, 0) is 29.5 Å². The van der Waals surface area contributed by atoms with Crippen molar-refractivity contribution in [2.45, 2.75) is 39.7 Å². The molecule has 0 saturated carbocycles. The van der Waals surface area contributed by atoms with Gasteiger partial charge in [0.05, 0.1) is 12.7 Å². The minimum atomic E-state index is -0.701. The fourth-order valence-corrected chi connectivity index (χ4v) is 1.84. The summed E-state index contributed by atoms with van der Waals surface area (Å²) in [5.41, 5.74) is 1.95. The lowest BCUT2D eigenvalue weighted by Crippen LogP contribution is -2.37. The number of carbonyl (C=O) groups is 1. The Bertz CT molecular complexity index is 444. The number of amides is 2. The first-order valence-corrected chi connectivity index (χ1v) is 7.79. The van der Waals surface area contributed by atoms with Crippen LogP contribution in [-0.4, -0.2) is 37.0 Å². The molecule has 1 atom stereocenters. The molecular weight excluding hydrogens is 280 g/mol. The molecule has 5 nitrogen and oxygen atoms in total. The predicted octanol–water partition coefficient (Wildman–Crippen LogP) is 2.97. The molecule has 22 heavy (non-hydrogen) atoms. The Kier molecular flexibility index (Phi) is 7.91. The monoisotopic (exact) mass is 308 g/mol. The number of ether oxygens (including phenoxy) is 1. The Hall–Kier alpha value is -1.59. The van der Waals surface area contributed by atoms with Crippen LogP contribution in [0.2, 0.25) is 0 Å². The van der Waals surface area contributed by atoms with Crippen LogP contribution in [0, 0.1) is 5.92 Å². The number of urea groups is 1. The van der Waals surface area contributed by atoms with Crippen molar-refractivity contribution < 1.29 is 14.6 Å². The second-order valence-corrected chi connectivity index (χ2v) is 6.20. The zero-order valence-corrected chi connectivity index (χ0v) is 13.9. The average molecular weight is 308 g/mol. The van der Waals surface area contributed by atoms with Gasteiger partial charge >= 0.3 is 6.03 Å². The van der Waals surface area contributed by atoms with Crippen molar-refractivity contribution in [3.05, 3.63) is 29.8 Å². The van der Waals surface area contributed by atoms with Gasteiger partial charge in [-0.3, -0.25) is 0 Å². The number of aliphatic hydroxyl groups is 1. The number of hydrogen-bond donors (Lipinski definition) is 3. The largest absolute Gasteiger partial charge is 0.389 e. The highest BCUT2D eigenvalue weighted by molar-refractivity contribution is 5.89. The van der Waals surface area contributed by atoms with Crippen LogP contribution in [0.25, 0.3) is 0 Å². The highest BCUT2D eigenvalue weighted by Gasteiger charge is 2.08. The lowest BCUT2D eigenvalue weighted by Gasteiger charge is -2.14. The minimum Gasteiger partial charge on any atom is -0.389 e. The second-order valence-electron chi connectivity index (χ2n) is 6.20. The molecule has 2 amide bonds. The van der Waals surface area contributed by atoms with Gasteiger partial charge in [0.1, 0.15) is 0 Å². The topological polar surface area (TPSA) is 70.6 Å². The summed E-state index contributed by atoms with van der Waals surface area (Å²) in [5.74, 6) is 0.890. The van der Waals surface area contributed by atoms with Crippen molar-refractivity contribution in [1.29, 1.82) is 0 Å². The van der Waals surface area contributed by atoms with E-state index in [0.717, 1.165) is 5.69 Å². The van der Waals surface area contributed by atoms with Crippen molar-refractivity contribution >= 4 is 11.7 Å². The van der Waals surface area contributed by atoms with E-state index in [1.807, 2.05) is 38.1 Å². The van der Waals surface area contributed by atoms with Gasteiger partial charge in [-0.2, -0.15) is 0 Å². The summed E-state index contributed by atoms with van der Waals surface area (Å²) in [6.07, 6.45) is -0.701. The first-order valence-electron chi connectivity index (χ1n) is 7.79. The maximum absolute atomic E-state index is 11.7. The van der Waals surface area contributed by atoms with Crippen LogP contribution in [0.4, 0.5) is 10.5 Å². The summed E-state index contributed by atoms with van der Waals surface area (Å²) < 4.78 is 5.32. The van der Waals surface area contributed by atoms with Crippen molar-refractivity contribution in [1.82, 2.24) is 5.32 Å². The molecule has 0 aromatic heterocycles. The molecule has 1 aromatic carbocycles. The first-order chi connectivity index (χ1) is 10.4. The standard InChI is InChI=1S/C17H28N2O3/c1-12(2)10-22-11-16(20)9-18-17(21)19-15-7-5-14(6-8-15)13(3)4/h5-8,12-13,16,20H,9-11H2,1-4H3,(H2,18,19,21). The zero-order valence-electron chi connectivity index (χ0n) is 13.9. The Labute approximate surface area is 133 Å². The molecule has 0 spiro atoms. The van der Waals surface area contributed by atoms with Crippen LogP contribution in [0.15, 0.2) is 24.3 Å². The molecule has 1 rings (SSSR count). The van der Waals surface area contributed by atoms with E-state index in [0.29, 0.717) is 18.4 Å². The minimum absolute atomic E-state index is 0.161. The molecule has 0 fully saturated rings. The van der Waals surface area contributed by atoms with E-state index >= 15 is 0 Å². The Morgan fingerprint density at radius 1 is 1.14 bits per heavy atom. The molecule has 0 aliphatic heterocycles. The molecule has 0 aliphatic rings. The maximum Gasteiger partial charge on any atom is 0.319 e. The molecule has 3 N–H and O–H groups in total. The smallest absolute Gasteiger partial charge is 0.319 e. The fraction of sp³-hybridized carbons (Fsp3) is 0.588. The van der Waals surface area contributed by atoms with Gasteiger partial charge in [0.25, 0.3) is 0 Å². The van der Waals surface area contributed by atoms with Gasteiger partial charge < -0.3 is 20.5 Å². The van der Waals surface area contributed by atoms with Crippen LogP contribution in [0.3, 0.4) is 0 Å². The van der Waals surface area contributed by atoms with E-state index in [1.165, 1.54) is 5.56 Å². The number of hydrogen-bond acceptors (Lipinski definition) is 3. The van der Waals surface area contributed by atoms with Gasteiger partial charge in [0.15, 0.2) is 0 Å². The third kappa shape index (κ3) is 7.43. The summed E-state index contributed by atoms with van der Waals surface area (Å²) in [6, 6.07) is 7.40. The van der Waals surface area contributed by atoms with E-state index in [4.69, 9.17) is 4.74 Å². The van der Waals surface area contributed by atoms with Crippen molar-refractivity contribution in [2.75, 3.05) is 25.1 Å². The molecular formula is C17H28N2O3. The summed E-state index contributed by atoms with van der Waals surface area (Å²) >= 11 is 0. The molecule has 0 saturated heterocycles. The van der Waals surface area contributed by atoms with Gasteiger partial charge in [-0.15, -0.1) is 0 Å². The normalized spacial score (nSPS) is 12.5. The molecule has 0 radical (unpaired) electrons. The number of carbonyl (C=O) groups excluding carboxylic acids is 1. The maximum atomic E-state index is 11.7. The molecule has 1 aromatic rings. The van der Waals surface area contributed by atoms with E-state index < -0.39 is 6.10 Å². The van der Waals surface area contributed by atoms with Gasteiger partial charge in [0, 0.05) is 18.8 Å². The molecule has 0 heterocycles. The lowest BCUT2D eigenvalue weighted by molar-refractivity contribution is 0.0274. The number of anilines is 1. The van der Waals surface area contributed by atoms with E-state index in [-0.39, 0.29) is 19.2 Å². The summed E-state index contributed by atoms with van der Waals surface area (Å²) in [6.45, 7) is 9.32. The van der Waals surface area contributed by atoms with Crippen molar-refractivity contribution in [3.63, 3.8) is 0 Å². The number of benzene rings is 1. The fourth-order valence-electron chi connectivity index (χ4n) is 1.84. The van der Waals surface area contributed by atoms with Crippen LogP contribution >= 0.6 is 0 Å². The quantitative estimate of drug-likeness (QED) is 0.691. The van der Waals surface area contributed by atoms with Crippen LogP contribution in [0.1, 0.15) is 39.2 Å². The Morgan fingerprint density at radius 3 is 2.32 bits per heavy atom. The van der Waals surface area contributed by atoms with Crippen molar-refractivity contribution in [2.24, 2.45) is 5.92 Å². The Balaban J connectivity index is 2.28. The van der Waals surface area contributed by atoms with E-state index in [1.54, 1.807) is 0 Å². The van der Waals surface area contributed by atoms with E-state index in [9.17, 15) is 9.90 Å². The van der Waals surface area contributed by atoms with Gasteiger partial charge in [-0.1, -0.05) is 39.8 Å². The lowest BCUT2D eigenvalue weighted by atomic mass is 10.0.